The summed E-state index contributed by atoms with van der Waals surface area (Å²) in [5.74, 6) is -0.445. The van der Waals surface area contributed by atoms with Crippen LogP contribution in [0.3, 0.4) is 0 Å². The van der Waals surface area contributed by atoms with Crippen molar-refractivity contribution in [2.45, 2.75) is 62.7 Å². The van der Waals surface area contributed by atoms with Gasteiger partial charge in [0.15, 0.2) is 5.16 Å². The number of urea groups is 1. The molecule has 0 aliphatic carbocycles. The molecule has 1 saturated heterocycles. The van der Waals surface area contributed by atoms with Crippen LogP contribution in [0.2, 0.25) is 0 Å². The molecular formula is C20H26N4O4S. The molecule has 0 bridgehead atoms. The summed E-state index contributed by atoms with van der Waals surface area (Å²) >= 11 is 1.16. The van der Waals surface area contributed by atoms with Crippen LogP contribution < -0.4 is 16.2 Å². The summed E-state index contributed by atoms with van der Waals surface area (Å²) in [7, 11) is 0. The second-order valence-electron chi connectivity index (χ2n) is 7.34. The van der Waals surface area contributed by atoms with Crippen molar-refractivity contribution in [1.82, 2.24) is 20.2 Å². The number of aromatic nitrogens is 2. The third kappa shape index (κ3) is 5.36. The average molecular weight is 419 g/mol. The summed E-state index contributed by atoms with van der Waals surface area (Å²) in [6.45, 7) is 6.38. The number of imide groups is 1. The topological polar surface area (TPSA) is 102 Å². The van der Waals surface area contributed by atoms with Crippen molar-refractivity contribution < 1.29 is 14.3 Å². The molecule has 3 amide bonds. The molecule has 1 aliphatic rings. The molecule has 1 aromatic heterocycles. The number of carbonyl (C=O) groups is 2. The number of nitrogens with one attached hydrogen (secondary N) is 2. The Bertz CT molecular complexity index is 953. The largest absolute Gasteiger partial charge is 0.376 e. The second-order valence-corrected chi connectivity index (χ2v) is 8.65. The Morgan fingerprint density at radius 3 is 2.76 bits per heavy atom. The lowest BCUT2D eigenvalue weighted by molar-refractivity contribution is -0.119. The van der Waals surface area contributed by atoms with E-state index < -0.39 is 17.2 Å². The molecule has 0 unspecified atom stereocenters. The summed E-state index contributed by atoms with van der Waals surface area (Å²) in [5.41, 5.74) is 0.424. The van der Waals surface area contributed by atoms with Gasteiger partial charge in [-0.25, -0.2) is 9.78 Å². The summed E-state index contributed by atoms with van der Waals surface area (Å²) in [4.78, 5) is 41.9. The predicted octanol–water partition coefficient (Wildman–Crippen LogP) is 2.29. The van der Waals surface area contributed by atoms with E-state index in [9.17, 15) is 14.4 Å². The molecule has 0 saturated carbocycles. The van der Waals surface area contributed by atoms with Crippen molar-refractivity contribution >= 4 is 34.6 Å². The smallest absolute Gasteiger partial charge is 0.321 e. The molecule has 29 heavy (non-hydrogen) atoms. The number of rotatable bonds is 6. The minimum absolute atomic E-state index is 0.0454. The maximum Gasteiger partial charge on any atom is 0.321 e. The minimum atomic E-state index is -0.614. The van der Waals surface area contributed by atoms with Gasteiger partial charge >= 0.3 is 6.03 Å². The Balaban J connectivity index is 1.85. The van der Waals surface area contributed by atoms with Gasteiger partial charge in [-0.15, -0.1) is 0 Å². The van der Waals surface area contributed by atoms with Gasteiger partial charge < -0.3 is 10.1 Å². The van der Waals surface area contributed by atoms with Crippen LogP contribution in [0.15, 0.2) is 34.2 Å². The number of carbonyl (C=O) groups excluding carboxylic acids is 2. The first-order valence-corrected chi connectivity index (χ1v) is 10.6. The van der Waals surface area contributed by atoms with Gasteiger partial charge in [0.25, 0.3) is 5.56 Å². The van der Waals surface area contributed by atoms with Crippen molar-refractivity contribution in [2.24, 2.45) is 0 Å². The molecule has 0 spiro atoms. The molecule has 0 radical (unpaired) electrons. The molecule has 8 nitrogen and oxygen atoms in total. The first-order chi connectivity index (χ1) is 13.8. The van der Waals surface area contributed by atoms with Gasteiger partial charge in [0.2, 0.25) is 5.91 Å². The van der Waals surface area contributed by atoms with Crippen LogP contribution in [0.25, 0.3) is 10.9 Å². The fourth-order valence-corrected chi connectivity index (χ4v) is 4.03. The molecule has 1 aromatic carbocycles. The minimum Gasteiger partial charge on any atom is -0.376 e. The van der Waals surface area contributed by atoms with Crippen molar-refractivity contribution in [1.29, 1.82) is 0 Å². The third-order valence-electron chi connectivity index (χ3n) is 4.54. The van der Waals surface area contributed by atoms with Crippen LogP contribution in [-0.2, 0) is 16.1 Å². The van der Waals surface area contributed by atoms with Gasteiger partial charge in [-0.3, -0.25) is 19.5 Å². The van der Waals surface area contributed by atoms with Crippen molar-refractivity contribution in [3.05, 3.63) is 34.6 Å². The van der Waals surface area contributed by atoms with Crippen LogP contribution >= 0.6 is 11.8 Å². The van der Waals surface area contributed by atoms with Crippen LogP contribution in [0, 0.1) is 0 Å². The van der Waals surface area contributed by atoms with Crippen LogP contribution in [0.4, 0.5) is 4.79 Å². The number of nitrogens with zero attached hydrogens (tertiary/aromatic N) is 2. The zero-order valence-electron chi connectivity index (χ0n) is 16.8. The van der Waals surface area contributed by atoms with E-state index in [4.69, 9.17) is 4.74 Å². The normalized spacial score (nSPS) is 17.4. The van der Waals surface area contributed by atoms with E-state index in [1.807, 2.05) is 19.9 Å². The molecule has 156 valence electrons. The van der Waals surface area contributed by atoms with E-state index in [0.717, 1.165) is 24.6 Å². The van der Waals surface area contributed by atoms with Crippen LogP contribution in [0.5, 0.6) is 0 Å². The first kappa shape index (κ1) is 21.3. The lowest BCUT2D eigenvalue weighted by Crippen LogP contribution is -2.45. The molecule has 2 atom stereocenters. The van der Waals surface area contributed by atoms with Gasteiger partial charge in [-0.1, -0.05) is 23.9 Å². The van der Waals surface area contributed by atoms with Gasteiger partial charge in [0.1, 0.15) is 0 Å². The van der Waals surface area contributed by atoms with Gasteiger partial charge in [0, 0.05) is 12.6 Å². The highest BCUT2D eigenvalue weighted by molar-refractivity contribution is 8.00. The van der Waals surface area contributed by atoms with Crippen molar-refractivity contribution in [3.8, 4) is 0 Å². The van der Waals surface area contributed by atoms with Gasteiger partial charge in [-0.05, 0) is 45.7 Å². The number of para-hydroxylation sites is 1. The molecule has 1 fully saturated rings. The van der Waals surface area contributed by atoms with Crippen molar-refractivity contribution in [3.63, 3.8) is 0 Å². The predicted molar refractivity (Wildman–Crippen MR) is 112 cm³/mol. The monoisotopic (exact) mass is 418 g/mol. The van der Waals surface area contributed by atoms with E-state index in [1.54, 1.807) is 29.7 Å². The summed E-state index contributed by atoms with van der Waals surface area (Å²) < 4.78 is 7.28. The quantitative estimate of drug-likeness (QED) is 0.551. The Labute approximate surface area is 173 Å². The van der Waals surface area contributed by atoms with E-state index in [0.29, 0.717) is 29.2 Å². The highest BCUT2D eigenvalue weighted by atomic mass is 32.2. The van der Waals surface area contributed by atoms with Crippen LogP contribution in [0.1, 0.15) is 33.6 Å². The fourth-order valence-electron chi connectivity index (χ4n) is 3.11. The first-order valence-electron chi connectivity index (χ1n) is 9.74. The SMILES string of the molecule is CC(C)NC(=O)NC(=O)[C@H](C)Sc1nc2ccccc2c(=O)n1C[C@@H]1CCCO1. The Morgan fingerprint density at radius 2 is 2.07 bits per heavy atom. The van der Waals surface area contributed by atoms with E-state index >= 15 is 0 Å². The Hall–Kier alpha value is -2.39. The standard InChI is InChI=1S/C20H26N4O4S/c1-12(2)21-19(27)23-17(25)13(3)29-20-22-16-9-5-4-8-15(16)18(26)24(20)11-14-7-6-10-28-14/h4-5,8-9,12-14H,6-7,10-11H2,1-3H3,(H2,21,23,25,27)/t13-,14-/m0/s1. The maximum atomic E-state index is 13.1. The van der Waals surface area contributed by atoms with E-state index in [-0.39, 0.29) is 17.7 Å². The molecular weight excluding hydrogens is 392 g/mol. The maximum absolute atomic E-state index is 13.1. The molecule has 2 N–H and O–H groups in total. The highest BCUT2D eigenvalue weighted by Gasteiger charge is 2.24. The van der Waals surface area contributed by atoms with Gasteiger partial charge in [0.05, 0.1) is 28.8 Å². The number of amides is 3. The lowest BCUT2D eigenvalue weighted by atomic mass is 10.2. The highest BCUT2D eigenvalue weighted by Crippen LogP contribution is 2.24. The summed E-state index contributed by atoms with van der Waals surface area (Å²) in [6.07, 6.45) is 1.80. The van der Waals surface area contributed by atoms with Gasteiger partial charge in [-0.2, -0.15) is 0 Å². The van der Waals surface area contributed by atoms with Crippen LogP contribution in [-0.4, -0.2) is 45.5 Å². The van der Waals surface area contributed by atoms with Crippen molar-refractivity contribution in [2.75, 3.05) is 6.61 Å². The summed E-state index contributed by atoms with van der Waals surface area (Å²) in [6, 6.07) is 6.53. The second kappa shape index (κ2) is 9.41. The number of thioether (sulfide) groups is 1. The number of benzene rings is 1. The zero-order valence-corrected chi connectivity index (χ0v) is 17.6. The number of hydrogen-bond donors (Lipinski definition) is 2. The lowest BCUT2D eigenvalue weighted by Gasteiger charge is -2.18. The fraction of sp³-hybridized carbons (Fsp3) is 0.500. The molecule has 3 rings (SSSR count). The third-order valence-corrected chi connectivity index (χ3v) is 5.63. The average Bonchev–Trinajstić information content (AvgIpc) is 3.17. The summed E-state index contributed by atoms with van der Waals surface area (Å²) in [5, 5.41) is 5.30. The van der Waals surface area contributed by atoms with E-state index in [2.05, 4.69) is 15.6 Å². The molecule has 9 heteroatoms. The number of fused-ring (bicyclic) bond motifs is 1. The Kier molecular flexibility index (Phi) is 6.92. The Morgan fingerprint density at radius 1 is 1.31 bits per heavy atom. The molecule has 2 aromatic rings. The molecule has 2 heterocycles. The number of ether oxygens (including phenoxy) is 1. The number of hydrogen-bond acceptors (Lipinski definition) is 6. The zero-order chi connectivity index (χ0) is 21.0. The van der Waals surface area contributed by atoms with E-state index in [1.165, 1.54) is 0 Å². The molecule has 1 aliphatic heterocycles.